The summed E-state index contributed by atoms with van der Waals surface area (Å²) in [5, 5.41) is 6.30. The Morgan fingerprint density at radius 3 is 2.50 bits per heavy atom. The summed E-state index contributed by atoms with van der Waals surface area (Å²) in [5.41, 5.74) is 3.97. The summed E-state index contributed by atoms with van der Waals surface area (Å²) in [7, 11) is 0. The highest BCUT2D eigenvalue weighted by Crippen LogP contribution is 2.23. The molecule has 24 heavy (non-hydrogen) atoms. The number of carbonyl (C=O) groups excluding carboxylic acids is 1. The van der Waals surface area contributed by atoms with E-state index in [0.717, 1.165) is 29.0 Å². The molecule has 0 saturated carbocycles. The minimum Gasteiger partial charge on any atom is -0.484 e. The second kappa shape index (κ2) is 8.39. The summed E-state index contributed by atoms with van der Waals surface area (Å²) in [6.07, 6.45) is 0. The van der Waals surface area contributed by atoms with Gasteiger partial charge in [-0.1, -0.05) is 32.0 Å². The molecule has 0 spiro atoms. The van der Waals surface area contributed by atoms with Crippen LogP contribution in [-0.4, -0.2) is 19.1 Å². The molecule has 0 saturated heterocycles. The first kappa shape index (κ1) is 17.9. The lowest BCUT2D eigenvalue weighted by atomic mass is 10.1. The summed E-state index contributed by atoms with van der Waals surface area (Å²) in [6, 6.07) is 13.6. The molecule has 4 heteroatoms. The monoisotopic (exact) mass is 326 g/mol. The van der Waals surface area contributed by atoms with Crippen LogP contribution >= 0.6 is 0 Å². The fourth-order valence-electron chi connectivity index (χ4n) is 2.27. The normalized spacial score (nSPS) is 10.5. The van der Waals surface area contributed by atoms with Gasteiger partial charge in [0, 0.05) is 6.54 Å². The summed E-state index contributed by atoms with van der Waals surface area (Å²) in [6.45, 7) is 9.17. The smallest absolute Gasteiger partial charge is 0.262 e. The Labute approximate surface area is 144 Å². The van der Waals surface area contributed by atoms with Crippen molar-refractivity contribution in [2.24, 2.45) is 5.92 Å². The van der Waals surface area contributed by atoms with Crippen LogP contribution in [0, 0.1) is 19.8 Å². The van der Waals surface area contributed by atoms with Crippen LogP contribution < -0.4 is 15.4 Å². The minimum absolute atomic E-state index is 0.0129. The van der Waals surface area contributed by atoms with Gasteiger partial charge in [0.05, 0.1) is 11.4 Å². The number of benzene rings is 2. The van der Waals surface area contributed by atoms with Gasteiger partial charge >= 0.3 is 0 Å². The zero-order valence-corrected chi connectivity index (χ0v) is 14.8. The number of anilines is 2. The van der Waals surface area contributed by atoms with Crippen molar-refractivity contribution in [3.63, 3.8) is 0 Å². The number of ether oxygens (including phenoxy) is 1. The summed E-state index contributed by atoms with van der Waals surface area (Å²) in [5.74, 6) is 1.05. The molecule has 0 radical (unpaired) electrons. The summed E-state index contributed by atoms with van der Waals surface area (Å²) < 4.78 is 5.55. The van der Waals surface area contributed by atoms with Crippen LogP contribution in [0.3, 0.4) is 0 Å². The van der Waals surface area contributed by atoms with Crippen LogP contribution in [0.5, 0.6) is 5.75 Å². The number of hydrogen-bond donors (Lipinski definition) is 2. The average Bonchev–Trinajstić information content (AvgIpc) is 2.53. The highest BCUT2D eigenvalue weighted by molar-refractivity contribution is 5.95. The Balaban J connectivity index is 1.97. The van der Waals surface area contributed by atoms with Gasteiger partial charge in [0.25, 0.3) is 5.91 Å². The summed E-state index contributed by atoms with van der Waals surface area (Å²) >= 11 is 0. The molecule has 0 heterocycles. The van der Waals surface area contributed by atoms with Crippen molar-refractivity contribution in [2.45, 2.75) is 27.7 Å². The number of aryl methyl sites for hydroxylation is 2. The largest absolute Gasteiger partial charge is 0.484 e. The lowest BCUT2D eigenvalue weighted by Crippen LogP contribution is -2.21. The third kappa shape index (κ3) is 5.61. The van der Waals surface area contributed by atoms with Crippen LogP contribution in [0.15, 0.2) is 42.5 Å². The minimum atomic E-state index is -0.173. The third-order valence-corrected chi connectivity index (χ3v) is 3.51. The number of carbonyl (C=O) groups is 1. The Morgan fingerprint density at radius 2 is 1.79 bits per heavy atom. The number of rotatable bonds is 7. The van der Waals surface area contributed by atoms with E-state index in [4.69, 9.17) is 4.74 Å². The lowest BCUT2D eigenvalue weighted by molar-refractivity contribution is -0.118. The third-order valence-electron chi connectivity index (χ3n) is 3.51. The lowest BCUT2D eigenvalue weighted by Gasteiger charge is -2.15. The molecule has 2 N–H and O–H groups in total. The van der Waals surface area contributed by atoms with Crippen molar-refractivity contribution in [3.05, 3.63) is 53.6 Å². The highest BCUT2D eigenvalue weighted by atomic mass is 16.5. The van der Waals surface area contributed by atoms with E-state index in [2.05, 4.69) is 24.5 Å². The van der Waals surface area contributed by atoms with E-state index in [9.17, 15) is 4.79 Å². The first-order chi connectivity index (χ1) is 11.4. The van der Waals surface area contributed by atoms with E-state index < -0.39 is 0 Å². The van der Waals surface area contributed by atoms with Crippen molar-refractivity contribution in [1.82, 2.24) is 0 Å². The Bertz CT molecular complexity index is 696. The number of hydrogen-bond acceptors (Lipinski definition) is 3. The molecule has 2 rings (SSSR count). The fraction of sp³-hybridized carbons (Fsp3) is 0.350. The molecule has 0 bridgehead atoms. The van der Waals surface area contributed by atoms with Gasteiger partial charge in [-0.3, -0.25) is 4.79 Å². The molecule has 4 nitrogen and oxygen atoms in total. The standard InChI is InChI=1S/C20H26N2O2/c1-14(2)12-21-19-11-16(4)8-9-18(19)22-20(23)13-24-17-7-5-6-15(3)10-17/h5-11,14,21H,12-13H2,1-4H3,(H,22,23). The highest BCUT2D eigenvalue weighted by Gasteiger charge is 2.09. The van der Waals surface area contributed by atoms with Crippen molar-refractivity contribution in [2.75, 3.05) is 23.8 Å². The van der Waals surface area contributed by atoms with E-state index in [0.29, 0.717) is 11.7 Å². The average molecular weight is 326 g/mol. The molecule has 128 valence electrons. The molecule has 0 atom stereocenters. The first-order valence-electron chi connectivity index (χ1n) is 8.28. The molecule has 0 aromatic heterocycles. The van der Waals surface area contributed by atoms with Gasteiger partial charge in [-0.15, -0.1) is 0 Å². The SMILES string of the molecule is Cc1cccc(OCC(=O)Nc2ccc(C)cc2NCC(C)C)c1. The van der Waals surface area contributed by atoms with Crippen LogP contribution in [0.4, 0.5) is 11.4 Å². The quantitative estimate of drug-likeness (QED) is 0.793. The molecule has 0 unspecified atom stereocenters. The molecule has 0 aliphatic heterocycles. The second-order valence-corrected chi connectivity index (χ2v) is 6.48. The molecule has 0 aliphatic rings. The maximum atomic E-state index is 12.2. The Hall–Kier alpha value is -2.49. The van der Waals surface area contributed by atoms with Gasteiger partial charge in [0.15, 0.2) is 6.61 Å². The maximum absolute atomic E-state index is 12.2. The number of amides is 1. The van der Waals surface area contributed by atoms with Crippen LogP contribution in [-0.2, 0) is 4.79 Å². The van der Waals surface area contributed by atoms with Gasteiger partial charge in [0.1, 0.15) is 5.75 Å². The molecule has 2 aromatic rings. The summed E-state index contributed by atoms with van der Waals surface area (Å²) in [4.78, 5) is 12.2. The fourth-order valence-corrected chi connectivity index (χ4v) is 2.27. The van der Waals surface area contributed by atoms with E-state index in [1.807, 2.05) is 56.3 Å². The van der Waals surface area contributed by atoms with Gasteiger partial charge in [-0.05, 0) is 55.2 Å². The molecule has 2 aromatic carbocycles. The van der Waals surface area contributed by atoms with Crippen molar-refractivity contribution in [3.8, 4) is 5.75 Å². The van der Waals surface area contributed by atoms with Gasteiger partial charge in [-0.2, -0.15) is 0 Å². The van der Waals surface area contributed by atoms with Gasteiger partial charge in [-0.25, -0.2) is 0 Å². The van der Waals surface area contributed by atoms with Crippen molar-refractivity contribution < 1.29 is 9.53 Å². The van der Waals surface area contributed by atoms with E-state index in [-0.39, 0.29) is 12.5 Å². The second-order valence-electron chi connectivity index (χ2n) is 6.48. The zero-order chi connectivity index (χ0) is 17.5. The van der Waals surface area contributed by atoms with Gasteiger partial charge < -0.3 is 15.4 Å². The molecule has 1 amide bonds. The zero-order valence-electron chi connectivity index (χ0n) is 14.8. The topological polar surface area (TPSA) is 50.4 Å². The molecular weight excluding hydrogens is 300 g/mol. The molecular formula is C20H26N2O2. The van der Waals surface area contributed by atoms with Gasteiger partial charge in [0.2, 0.25) is 0 Å². The van der Waals surface area contributed by atoms with Crippen molar-refractivity contribution in [1.29, 1.82) is 0 Å². The maximum Gasteiger partial charge on any atom is 0.262 e. The van der Waals surface area contributed by atoms with Crippen LogP contribution in [0.1, 0.15) is 25.0 Å². The first-order valence-corrected chi connectivity index (χ1v) is 8.28. The van der Waals surface area contributed by atoms with Crippen molar-refractivity contribution >= 4 is 17.3 Å². The Kier molecular flexibility index (Phi) is 6.24. The molecule has 0 aliphatic carbocycles. The van der Waals surface area contributed by atoms with E-state index in [1.54, 1.807) is 0 Å². The Morgan fingerprint density at radius 1 is 1.04 bits per heavy atom. The predicted molar refractivity (Wildman–Crippen MR) is 99.8 cm³/mol. The van der Waals surface area contributed by atoms with E-state index in [1.165, 1.54) is 0 Å². The van der Waals surface area contributed by atoms with Crippen LogP contribution in [0.2, 0.25) is 0 Å². The van der Waals surface area contributed by atoms with E-state index >= 15 is 0 Å². The predicted octanol–water partition coefficient (Wildman–Crippen LogP) is 4.39. The molecule has 0 fully saturated rings. The van der Waals surface area contributed by atoms with Crippen LogP contribution in [0.25, 0.3) is 0 Å². The number of nitrogens with one attached hydrogen (secondary N) is 2.